The second-order valence-electron chi connectivity index (χ2n) is 6.35. The quantitative estimate of drug-likeness (QED) is 0.860. The molecule has 1 atom stereocenters. The molecule has 3 rings (SSSR count). The Morgan fingerprint density at radius 3 is 2.38 bits per heavy atom. The SMILES string of the molecule is CCOc1ccc(S(=O)(=O)N2CCC(C3CCCN3)CC2)cc1.Cl. The molecule has 0 radical (unpaired) electrons. The molecule has 2 aliphatic heterocycles. The third-order valence-electron chi connectivity index (χ3n) is 4.94. The zero-order valence-corrected chi connectivity index (χ0v) is 15.7. The van der Waals surface area contributed by atoms with Crippen molar-refractivity contribution in [3.63, 3.8) is 0 Å². The summed E-state index contributed by atoms with van der Waals surface area (Å²) >= 11 is 0. The Morgan fingerprint density at radius 1 is 1.17 bits per heavy atom. The Kier molecular flexibility index (Phi) is 6.92. The number of halogens is 1. The molecule has 0 aromatic heterocycles. The van der Waals surface area contributed by atoms with Crippen LogP contribution in [0.4, 0.5) is 0 Å². The molecular formula is C17H27ClN2O3S. The molecule has 0 saturated carbocycles. The lowest BCUT2D eigenvalue weighted by atomic mass is 9.89. The van der Waals surface area contributed by atoms with Gasteiger partial charge >= 0.3 is 0 Å². The number of hydrogen-bond donors (Lipinski definition) is 1. The third kappa shape index (κ3) is 4.23. The van der Waals surface area contributed by atoms with E-state index in [4.69, 9.17) is 4.74 Å². The third-order valence-corrected chi connectivity index (χ3v) is 6.85. The Morgan fingerprint density at radius 2 is 1.83 bits per heavy atom. The topological polar surface area (TPSA) is 58.6 Å². The van der Waals surface area contributed by atoms with Crippen LogP contribution in [0.15, 0.2) is 29.2 Å². The molecule has 5 nitrogen and oxygen atoms in total. The van der Waals surface area contributed by atoms with Crippen LogP contribution in [0.2, 0.25) is 0 Å². The van der Waals surface area contributed by atoms with Gasteiger partial charge in [0.05, 0.1) is 11.5 Å². The highest BCUT2D eigenvalue weighted by Gasteiger charge is 2.33. The number of benzene rings is 1. The van der Waals surface area contributed by atoms with Crippen molar-refractivity contribution in [3.8, 4) is 5.75 Å². The Balaban J connectivity index is 0.00000208. The lowest BCUT2D eigenvalue weighted by Crippen LogP contribution is -2.43. The lowest BCUT2D eigenvalue weighted by molar-refractivity contribution is 0.234. The van der Waals surface area contributed by atoms with E-state index in [0.29, 0.717) is 42.3 Å². The van der Waals surface area contributed by atoms with Crippen LogP contribution in [0.25, 0.3) is 0 Å². The van der Waals surface area contributed by atoms with Crippen LogP contribution in [0.5, 0.6) is 5.75 Å². The van der Waals surface area contributed by atoms with Gasteiger partial charge in [-0.1, -0.05) is 0 Å². The van der Waals surface area contributed by atoms with E-state index in [2.05, 4.69) is 5.32 Å². The van der Waals surface area contributed by atoms with Crippen molar-refractivity contribution >= 4 is 22.4 Å². The van der Waals surface area contributed by atoms with E-state index in [1.54, 1.807) is 28.6 Å². The lowest BCUT2D eigenvalue weighted by Gasteiger charge is -2.34. The summed E-state index contributed by atoms with van der Waals surface area (Å²) < 4.78 is 32.5. The van der Waals surface area contributed by atoms with Gasteiger partial charge in [0.1, 0.15) is 5.75 Å². The Hall–Kier alpha value is -0.820. The summed E-state index contributed by atoms with van der Waals surface area (Å²) in [5, 5.41) is 3.55. The minimum absolute atomic E-state index is 0. The number of piperidine rings is 1. The van der Waals surface area contributed by atoms with Crippen LogP contribution in [-0.2, 0) is 10.0 Å². The molecule has 2 heterocycles. The van der Waals surface area contributed by atoms with Crippen LogP contribution in [-0.4, -0.2) is 45.0 Å². The fourth-order valence-electron chi connectivity index (χ4n) is 3.66. The van der Waals surface area contributed by atoms with E-state index in [-0.39, 0.29) is 12.4 Å². The fraction of sp³-hybridized carbons (Fsp3) is 0.647. The van der Waals surface area contributed by atoms with E-state index in [0.717, 1.165) is 19.4 Å². The second-order valence-corrected chi connectivity index (χ2v) is 8.29. The molecule has 7 heteroatoms. The molecule has 0 bridgehead atoms. The van der Waals surface area contributed by atoms with Gasteiger partial charge < -0.3 is 10.1 Å². The fourth-order valence-corrected chi connectivity index (χ4v) is 5.13. The van der Waals surface area contributed by atoms with Crippen LogP contribution in [0, 0.1) is 5.92 Å². The van der Waals surface area contributed by atoms with Crippen molar-refractivity contribution in [2.45, 2.75) is 43.5 Å². The number of ether oxygens (including phenoxy) is 1. The molecule has 1 N–H and O–H groups in total. The monoisotopic (exact) mass is 374 g/mol. The van der Waals surface area contributed by atoms with Crippen molar-refractivity contribution in [3.05, 3.63) is 24.3 Å². The Bertz CT molecular complexity index is 607. The number of sulfonamides is 1. The van der Waals surface area contributed by atoms with Crippen LogP contribution < -0.4 is 10.1 Å². The Labute approximate surface area is 151 Å². The van der Waals surface area contributed by atoms with Gasteiger partial charge in [-0.25, -0.2) is 8.42 Å². The zero-order valence-electron chi connectivity index (χ0n) is 14.1. The summed E-state index contributed by atoms with van der Waals surface area (Å²) in [7, 11) is -3.38. The van der Waals surface area contributed by atoms with Crippen molar-refractivity contribution < 1.29 is 13.2 Å². The highest BCUT2D eigenvalue weighted by molar-refractivity contribution is 7.89. The molecule has 24 heavy (non-hydrogen) atoms. The molecular weight excluding hydrogens is 348 g/mol. The number of rotatable bonds is 5. The second kappa shape index (κ2) is 8.52. The first kappa shape index (κ1) is 19.5. The zero-order chi connectivity index (χ0) is 16.3. The van der Waals surface area contributed by atoms with Crippen LogP contribution >= 0.6 is 12.4 Å². The van der Waals surface area contributed by atoms with Crippen molar-refractivity contribution in [2.24, 2.45) is 5.92 Å². The average molecular weight is 375 g/mol. The smallest absolute Gasteiger partial charge is 0.243 e. The predicted octanol–water partition coefficient (Wildman–Crippen LogP) is 2.66. The van der Waals surface area contributed by atoms with Gasteiger partial charge in [0.25, 0.3) is 0 Å². The van der Waals surface area contributed by atoms with Gasteiger partial charge in [-0.2, -0.15) is 4.31 Å². The molecule has 0 aliphatic carbocycles. The van der Waals surface area contributed by atoms with E-state index in [1.807, 2.05) is 6.92 Å². The number of hydrogen-bond acceptors (Lipinski definition) is 4. The number of nitrogens with zero attached hydrogens (tertiary/aromatic N) is 1. The van der Waals surface area contributed by atoms with Gasteiger partial charge in [-0.05, 0) is 69.3 Å². The first-order valence-electron chi connectivity index (χ1n) is 8.57. The van der Waals surface area contributed by atoms with Crippen molar-refractivity contribution in [2.75, 3.05) is 26.2 Å². The van der Waals surface area contributed by atoms with E-state index in [1.165, 1.54) is 12.8 Å². The minimum atomic E-state index is -3.38. The van der Waals surface area contributed by atoms with Gasteiger partial charge in [-0.15, -0.1) is 12.4 Å². The summed E-state index contributed by atoms with van der Waals surface area (Å²) in [5.41, 5.74) is 0. The van der Waals surface area contributed by atoms with Gasteiger partial charge in [-0.3, -0.25) is 0 Å². The molecule has 0 spiro atoms. The maximum Gasteiger partial charge on any atom is 0.243 e. The van der Waals surface area contributed by atoms with E-state index < -0.39 is 10.0 Å². The van der Waals surface area contributed by atoms with Gasteiger partial charge in [0.15, 0.2) is 0 Å². The molecule has 1 unspecified atom stereocenters. The van der Waals surface area contributed by atoms with Crippen molar-refractivity contribution in [1.82, 2.24) is 9.62 Å². The van der Waals surface area contributed by atoms with Crippen LogP contribution in [0.1, 0.15) is 32.6 Å². The molecule has 1 aromatic carbocycles. The van der Waals surface area contributed by atoms with Crippen LogP contribution in [0.3, 0.4) is 0 Å². The van der Waals surface area contributed by atoms with E-state index >= 15 is 0 Å². The summed E-state index contributed by atoms with van der Waals surface area (Å²) in [6.07, 6.45) is 4.38. The minimum Gasteiger partial charge on any atom is -0.494 e. The largest absolute Gasteiger partial charge is 0.494 e. The maximum atomic E-state index is 12.8. The normalized spacial score (nSPS) is 23.0. The summed E-state index contributed by atoms with van der Waals surface area (Å²) in [6.45, 7) is 4.84. The molecule has 0 amide bonds. The highest BCUT2D eigenvalue weighted by Crippen LogP contribution is 2.29. The highest BCUT2D eigenvalue weighted by atomic mass is 35.5. The summed E-state index contributed by atoms with van der Waals surface area (Å²) in [4.78, 5) is 0.360. The van der Waals surface area contributed by atoms with Crippen molar-refractivity contribution in [1.29, 1.82) is 0 Å². The molecule has 1 aromatic rings. The molecule has 2 fully saturated rings. The average Bonchev–Trinajstić information content (AvgIpc) is 3.10. The first-order valence-corrected chi connectivity index (χ1v) is 10.0. The number of nitrogens with one attached hydrogen (secondary N) is 1. The van der Waals surface area contributed by atoms with Gasteiger partial charge in [0.2, 0.25) is 10.0 Å². The standard InChI is InChI=1S/C17H26N2O3S.ClH/c1-2-22-15-5-7-16(8-6-15)23(20,21)19-12-9-14(10-13-19)17-4-3-11-18-17;/h5-8,14,17-18H,2-4,9-13H2,1H3;1H. The molecule has 136 valence electrons. The van der Waals surface area contributed by atoms with E-state index in [9.17, 15) is 8.42 Å². The first-order chi connectivity index (χ1) is 11.1. The maximum absolute atomic E-state index is 12.8. The summed E-state index contributed by atoms with van der Waals surface area (Å²) in [6, 6.07) is 7.33. The summed E-state index contributed by atoms with van der Waals surface area (Å²) in [5.74, 6) is 1.32. The molecule has 2 saturated heterocycles. The molecule has 2 aliphatic rings. The van der Waals surface area contributed by atoms with Gasteiger partial charge in [0, 0.05) is 19.1 Å². The predicted molar refractivity (Wildman–Crippen MR) is 97.4 cm³/mol.